The van der Waals surface area contributed by atoms with Gasteiger partial charge >= 0.3 is 0 Å². The molecule has 2 aromatic rings. The van der Waals surface area contributed by atoms with E-state index >= 15 is 0 Å². The summed E-state index contributed by atoms with van der Waals surface area (Å²) in [6, 6.07) is 5.71. The normalized spacial score (nSPS) is 14.5. The molecule has 2 aromatic heterocycles. The molecule has 1 aliphatic rings. The Hall–Kier alpha value is -2.88. The topological polar surface area (TPSA) is 78.2 Å². The Kier molecular flexibility index (Phi) is 5.29. The fourth-order valence-electron chi connectivity index (χ4n) is 2.64. The SMILES string of the molecule is CC(C)COc1cncc(N2CCN(c3cc(C#N)ccn3)CC2)n1. The fraction of sp³-hybridized carbons (Fsp3) is 0.444. The standard InChI is InChI=1S/C18H22N6O/c1-14(2)13-25-18-12-20-11-17(22-18)24-7-5-23(6-8-24)16-9-15(10-19)3-4-21-16/h3-4,9,11-12,14H,5-8,13H2,1-2H3. The number of hydrogen-bond donors (Lipinski definition) is 0. The van der Waals surface area contributed by atoms with Crippen LogP contribution in [0.1, 0.15) is 19.4 Å². The summed E-state index contributed by atoms with van der Waals surface area (Å²) in [5, 5.41) is 9.02. The molecule has 0 atom stereocenters. The van der Waals surface area contributed by atoms with Crippen LogP contribution in [0.5, 0.6) is 5.88 Å². The first-order valence-electron chi connectivity index (χ1n) is 8.46. The first kappa shape index (κ1) is 17.0. The number of nitriles is 1. The zero-order chi connectivity index (χ0) is 17.6. The number of aromatic nitrogens is 3. The summed E-state index contributed by atoms with van der Waals surface area (Å²) >= 11 is 0. The summed E-state index contributed by atoms with van der Waals surface area (Å²) in [4.78, 5) is 17.6. The average Bonchev–Trinajstić information content (AvgIpc) is 2.67. The van der Waals surface area contributed by atoms with Crippen molar-refractivity contribution in [2.45, 2.75) is 13.8 Å². The highest BCUT2D eigenvalue weighted by molar-refractivity contribution is 5.47. The summed E-state index contributed by atoms with van der Waals surface area (Å²) < 4.78 is 5.66. The summed E-state index contributed by atoms with van der Waals surface area (Å²) in [6.07, 6.45) is 5.10. The van der Waals surface area contributed by atoms with Gasteiger partial charge in [-0.05, 0) is 18.1 Å². The van der Waals surface area contributed by atoms with Gasteiger partial charge in [-0.25, -0.2) is 4.98 Å². The van der Waals surface area contributed by atoms with Crippen LogP contribution in [0.15, 0.2) is 30.7 Å². The lowest BCUT2D eigenvalue weighted by Gasteiger charge is -2.35. The lowest BCUT2D eigenvalue weighted by atomic mass is 10.2. The summed E-state index contributed by atoms with van der Waals surface area (Å²) in [7, 11) is 0. The molecule has 0 aliphatic carbocycles. The zero-order valence-electron chi connectivity index (χ0n) is 14.6. The Morgan fingerprint density at radius 1 is 1.16 bits per heavy atom. The van der Waals surface area contributed by atoms with Crippen molar-refractivity contribution in [2.75, 3.05) is 42.6 Å². The maximum absolute atomic E-state index is 9.02. The number of ether oxygens (including phenoxy) is 1. The minimum Gasteiger partial charge on any atom is -0.476 e. The van der Waals surface area contributed by atoms with Crippen LogP contribution in [0.4, 0.5) is 11.6 Å². The maximum Gasteiger partial charge on any atom is 0.234 e. The molecule has 0 N–H and O–H groups in total. The van der Waals surface area contributed by atoms with Crippen molar-refractivity contribution in [3.8, 4) is 11.9 Å². The van der Waals surface area contributed by atoms with Crippen molar-refractivity contribution in [3.63, 3.8) is 0 Å². The molecule has 0 bridgehead atoms. The number of anilines is 2. The van der Waals surface area contributed by atoms with Gasteiger partial charge in [0.05, 0.1) is 30.6 Å². The molecule has 7 nitrogen and oxygen atoms in total. The van der Waals surface area contributed by atoms with E-state index in [-0.39, 0.29) is 0 Å². The lowest BCUT2D eigenvalue weighted by Crippen LogP contribution is -2.47. The van der Waals surface area contributed by atoms with E-state index < -0.39 is 0 Å². The van der Waals surface area contributed by atoms with Gasteiger partial charge in [0.25, 0.3) is 0 Å². The second-order valence-corrected chi connectivity index (χ2v) is 6.41. The largest absolute Gasteiger partial charge is 0.476 e. The van der Waals surface area contributed by atoms with E-state index in [0.717, 1.165) is 37.8 Å². The third-order valence-electron chi connectivity index (χ3n) is 3.97. The number of piperazine rings is 1. The van der Waals surface area contributed by atoms with Gasteiger partial charge in [-0.2, -0.15) is 10.2 Å². The van der Waals surface area contributed by atoms with Crippen LogP contribution >= 0.6 is 0 Å². The minimum atomic E-state index is 0.450. The van der Waals surface area contributed by atoms with Gasteiger partial charge in [0, 0.05) is 32.4 Å². The van der Waals surface area contributed by atoms with E-state index in [1.165, 1.54) is 0 Å². The van der Waals surface area contributed by atoms with Crippen molar-refractivity contribution in [1.82, 2.24) is 15.0 Å². The third kappa shape index (κ3) is 4.35. The Labute approximate surface area is 147 Å². The lowest BCUT2D eigenvalue weighted by molar-refractivity contribution is 0.260. The molecule has 0 amide bonds. The van der Waals surface area contributed by atoms with Gasteiger partial charge in [0.15, 0.2) is 5.82 Å². The quantitative estimate of drug-likeness (QED) is 0.826. The van der Waals surface area contributed by atoms with E-state index in [2.05, 4.69) is 44.7 Å². The predicted octanol–water partition coefficient (Wildman–Crippen LogP) is 2.10. The fourth-order valence-corrected chi connectivity index (χ4v) is 2.64. The van der Waals surface area contributed by atoms with Crippen LogP contribution in [-0.2, 0) is 0 Å². The van der Waals surface area contributed by atoms with Gasteiger partial charge < -0.3 is 14.5 Å². The molecule has 0 radical (unpaired) electrons. The van der Waals surface area contributed by atoms with Gasteiger partial charge in [-0.3, -0.25) is 4.98 Å². The zero-order valence-corrected chi connectivity index (χ0v) is 14.6. The summed E-state index contributed by atoms with van der Waals surface area (Å²) in [5.41, 5.74) is 0.633. The molecule has 3 heterocycles. The van der Waals surface area contributed by atoms with Gasteiger partial charge in [-0.1, -0.05) is 13.8 Å². The smallest absolute Gasteiger partial charge is 0.234 e. The molecule has 3 rings (SSSR count). The molecular formula is C18H22N6O. The molecule has 1 aliphatic heterocycles. The van der Waals surface area contributed by atoms with Gasteiger partial charge in [0.1, 0.15) is 5.82 Å². The van der Waals surface area contributed by atoms with Crippen molar-refractivity contribution in [1.29, 1.82) is 5.26 Å². The Balaban J connectivity index is 1.62. The van der Waals surface area contributed by atoms with Crippen molar-refractivity contribution in [3.05, 3.63) is 36.3 Å². The van der Waals surface area contributed by atoms with Crippen LogP contribution in [0, 0.1) is 17.2 Å². The van der Waals surface area contributed by atoms with Crippen molar-refractivity contribution >= 4 is 11.6 Å². The highest BCUT2D eigenvalue weighted by Gasteiger charge is 2.20. The van der Waals surface area contributed by atoms with E-state index in [0.29, 0.717) is 24.0 Å². The van der Waals surface area contributed by atoms with E-state index in [1.807, 2.05) is 6.07 Å². The Bertz CT molecular complexity index is 749. The summed E-state index contributed by atoms with van der Waals surface area (Å²) in [5.74, 6) is 2.70. The molecular weight excluding hydrogens is 316 g/mol. The molecule has 0 unspecified atom stereocenters. The van der Waals surface area contributed by atoms with Crippen LogP contribution in [0.3, 0.4) is 0 Å². The number of rotatable bonds is 5. The highest BCUT2D eigenvalue weighted by Crippen LogP contribution is 2.19. The average molecular weight is 338 g/mol. The molecule has 1 saturated heterocycles. The predicted molar refractivity (Wildman–Crippen MR) is 95.7 cm³/mol. The maximum atomic E-state index is 9.02. The number of pyridine rings is 1. The van der Waals surface area contributed by atoms with Crippen LogP contribution in [0.2, 0.25) is 0 Å². The molecule has 7 heteroatoms. The first-order chi connectivity index (χ1) is 12.2. The molecule has 0 spiro atoms. The third-order valence-corrected chi connectivity index (χ3v) is 3.97. The molecule has 130 valence electrons. The monoisotopic (exact) mass is 338 g/mol. The van der Waals surface area contributed by atoms with Crippen molar-refractivity contribution < 1.29 is 4.74 Å². The number of nitrogens with zero attached hydrogens (tertiary/aromatic N) is 6. The van der Waals surface area contributed by atoms with Crippen molar-refractivity contribution in [2.24, 2.45) is 5.92 Å². The first-order valence-corrected chi connectivity index (χ1v) is 8.46. The Morgan fingerprint density at radius 3 is 2.56 bits per heavy atom. The molecule has 0 aromatic carbocycles. The Morgan fingerprint density at radius 2 is 1.88 bits per heavy atom. The van der Waals surface area contributed by atoms with E-state index in [1.54, 1.807) is 24.7 Å². The van der Waals surface area contributed by atoms with Gasteiger partial charge in [-0.15, -0.1) is 0 Å². The molecule has 1 fully saturated rings. The second kappa shape index (κ2) is 7.79. The summed E-state index contributed by atoms with van der Waals surface area (Å²) in [6.45, 7) is 8.12. The minimum absolute atomic E-state index is 0.450. The molecule has 25 heavy (non-hydrogen) atoms. The van der Waals surface area contributed by atoms with Crippen LogP contribution in [0.25, 0.3) is 0 Å². The molecule has 0 saturated carbocycles. The van der Waals surface area contributed by atoms with Crippen LogP contribution < -0.4 is 14.5 Å². The van der Waals surface area contributed by atoms with E-state index in [9.17, 15) is 0 Å². The van der Waals surface area contributed by atoms with Gasteiger partial charge in [0.2, 0.25) is 5.88 Å². The highest BCUT2D eigenvalue weighted by atomic mass is 16.5. The number of hydrogen-bond acceptors (Lipinski definition) is 7. The van der Waals surface area contributed by atoms with E-state index in [4.69, 9.17) is 10.00 Å². The second-order valence-electron chi connectivity index (χ2n) is 6.41. The van der Waals surface area contributed by atoms with Crippen LogP contribution in [-0.4, -0.2) is 47.7 Å².